The third kappa shape index (κ3) is 12.3. The van der Waals surface area contributed by atoms with E-state index in [2.05, 4.69) is 64.0 Å². The number of imidazole rings is 1. The van der Waals surface area contributed by atoms with Gasteiger partial charge in [-0.2, -0.15) is 5.26 Å². The van der Waals surface area contributed by atoms with Gasteiger partial charge >= 0.3 is 32.1 Å². The lowest BCUT2D eigenvalue weighted by atomic mass is 10.1. The van der Waals surface area contributed by atoms with Crippen molar-refractivity contribution in [3.05, 3.63) is 77.2 Å². The van der Waals surface area contributed by atoms with Crippen LogP contribution in [0, 0.1) is 17.1 Å². The minimum absolute atomic E-state index is 0.0141. The van der Waals surface area contributed by atoms with Crippen molar-refractivity contribution in [2.24, 2.45) is 0 Å². The summed E-state index contributed by atoms with van der Waals surface area (Å²) < 4.78 is 101. The number of nitriles is 1. The fourth-order valence-electron chi connectivity index (χ4n) is 10.2. The summed E-state index contributed by atoms with van der Waals surface area (Å²) in [5.74, 6) is -1.20. The molecule has 430 valence electrons. The number of carbonyl (C=O) groups excluding carboxylic acids is 1. The third-order valence-corrected chi connectivity index (χ3v) is 32.7. The summed E-state index contributed by atoms with van der Waals surface area (Å²) in [6.07, 6.45) is -4.68. The van der Waals surface area contributed by atoms with Crippen LogP contribution in [0.3, 0.4) is 0 Å². The second-order valence-electron chi connectivity index (χ2n) is 22.6. The number of aromatic amines is 1. The predicted octanol–water partition coefficient (Wildman–Crippen LogP) is 9.69. The molecular formula is C49H71FN9O14P2SSi3+. The summed E-state index contributed by atoms with van der Waals surface area (Å²) >= 11 is 6.31. The van der Waals surface area contributed by atoms with Gasteiger partial charge in [0.15, 0.2) is 55.3 Å². The standard InChI is InChI=1S/C49H70FN9O14P2SSi3/c1-28(2)78(29(3)4)66-24-35-39(72-79(73-78,30(5)6)31(7)8)40(47(68-35)58-22-33(50)36-43(58)53-26-55-46(36)61)70-75(76,64-21-17-20-51)65-23-34-38(69-74(62)63)41(71-77(12,13)49(9,10)11)48(67-34)59-27-56-37-42(52-25-54-44(37)59)57-45(60)32-18-15-14-16-19-32/h14-16,18-19,22,25-31,34-35,38-41,47-48H,17,21,23-24H2,1-13H3,(H2-,52,53,54,55,57,60,61,62,63)/p+1/t34-,35-,38-,39-,40-,41-,47-,48-,75?/m1/s1. The van der Waals surface area contributed by atoms with E-state index < -0.39 is 118 Å². The van der Waals surface area contributed by atoms with Crippen LogP contribution in [0.4, 0.5) is 10.2 Å². The molecule has 0 aliphatic carbocycles. The molecule has 30 heteroatoms. The molecule has 4 aromatic heterocycles. The normalized spacial score (nSPS) is 25.4. The zero-order chi connectivity index (χ0) is 57.6. The van der Waals surface area contributed by atoms with Crippen molar-refractivity contribution in [2.75, 3.05) is 25.1 Å². The van der Waals surface area contributed by atoms with Gasteiger partial charge in [0.2, 0.25) is 0 Å². The number of halogens is 1. The first-order valence-corrected chi connectivity index (χ1v) is 36.8. The van der Waals surface area contributed by atoms with E-state index in [0.717, 1.165) is 12.5 Å². The first-order valence-electron chi connectivity index (χ1n) is 26.2. The van der Waals surface area contributed by atoms with Crippen molar-refractivity contribution in [3.63, 3.8) is 0 Å². The van der Waals surface area contributed by atoms with E-state index in [9.17, 15) is 24.3 Å². The van der Waals surface area contributed by atoms with Gasteiger partial charge in [-0.25, -0.2) is 24.3 Å². The summed E-state index contributed by atoms with van der Waals surface area (Å²) in [6, 6.07) is 10.6. The average Bonchev–Trinajstić information content (AvgIpc) is 4.33. The van der Waals surface area contributed by atoms with Gasteiger partial charge in [0.25, 0.3) is 11.5 Å². The first-order chi connectivity index (χ1) is 37.2. The maximum Gasteiger partial charge on any atom is 0.695 e. The van der Waals surface area contributed by atoms with Gasteiger partial charge in [0.1, 0.15) is 42.2 Å². The Morgan fingerprint density at radius 2 is 1.65 bits per heavy atom. The molecule has 3 N–H and O–H groups in total. The average molecular weight is 1210 g/mol. The second-order valence-corrected chi connectivity index (χ2v) is 39.8. The molecule has 0 radical (unpaired) electrons. The Kier molecular flexibility index (Phi) is 18.6. The number of nitrogens with zero attached hydrogens (tertiary/aromatic N) is 7. The number of hydrogen-bond acceptors (Lipinski definition) is 19. The van der Waals surface area contributed by atoms with E-state index in [1.807, 2.05) is 61.6 Å². The number of aromatic nitrogens is 7. The quantitative estimate of drug-likeness (QED) is 0.0371. The SMILES string of the molecule is CC(C)[Si]1(C(C)C)OC[C@H]2O[C@@H](n3cc(F)c4c(=O)[nH]cnc43)[C@H](OP(=S)(OCCC#N)OC[C@H]3O[C@@H](n4cnc5c(NC(=O)c6ccccc6)ncnc54)[C@H](O[Si](C)(C)C(C)(C)C)[C@@H]3O[P+](=O)O)[C@@H]2O[Si](C(C)C)(C(C)C)O1. The predicted molar refractivity (Wildman–Crippen MR) is 300 cm³/mol. The number of ether oxygens (including phenoxy) is 2. The summed E-state index contributed by atoms with van der Waals surface area (Å²) in [5, 5.41) is 11.9. The molecule has 3 saturated heterocycles. The second kappa shape index (κ2) is 24.1. The molecule has 2 unspecified atom stereocenters. The summed E-state index contributed by atoms with van der Waals surface area (Å²) in [7, 11) is -12.7. The highest BCUT2D eigenvalue weighted by Gasteiger charge is 2.63. The minimum Gasteiger partial charge on any atom is -0.414 e. The fourth-order valence-corrected chi connectivity index (χ4v) is 25.2. The molecule has 0 saturated carbocycles. The van der Waals surface area contributed by atoms with E-state index in [-0.39, 0.29) is 69.8 Å². The van der Waals surface area contributed by atoms with Gasteiger partial charge in [-0.05, 0) is 64.2 Å². The first kappa shape index (κ1) is 61.1. The van der Waals surface area contributed by atoms with Gasteiger partial charge in [-0.3, -0.25) is 18.7 Å². The van der Waals surface area contributed by atoms with Gasteiger partial charge in [0.05, 0.1) is 45.0 Å². The zero-order valence-electron chi connectivity index (χ0n) is 46.5. The smallest absolute Gasteiger partial charge is 0.414 e. The number of amides is 1. The molecule has 5 aromatic rings. The van der Waals surface area contributed by atoms with E-state index in [1.54, 1.807) is 34.9 Å². The highest BCUT2D eigenvalue weighted by atomic mass is 32.5. The Morgan fingerprint density at radius 1 is 0.975 bits per heavy atom. The highest BCUT2D eigenvalue weighted by Crippen LogP contribution is 2.58. The van der Waals surface area contributed by atoms with Crippen molar-refractivity contribution in [3.8, 4) is 6.07 Å². The Balaban J connectivity index is 1.21. The number of fused-ring (bicyclic) bond motifs is 3. The number of anilines is 1. The number of nitrogens with one attached hydrogen (secondary N) is 2. The molecule has 23 nitrogen and oxygen atoms in total. The van der Waals surface area contributed by atoms with Crippen LogP contribution in [0.25, 0.3) is 22.2 Å². The minimum atomic E-state index is -4.23. The van der Waals surface area contributed by atoms with Crippen LogP contribution >= 0.6 is 15.0 Å². The van der Waals surface area contributed by atoms with Gasteiger partial charge in [-0.15, -0.1) is 9.42 Å². The molecule has 7 heterocycles. The topological polar surface area (TPSA) is 277 Å². The van der Waals surface area contributed by atoms with Crippen LogP contribution in [0.2, 0.25) is 40.3 Å². The third-order valence-electron chi connectivity index (χ3n) is 15.2. The van der Waals surface area contributed by atoms with Crippen molar-refractivity contribution < 1.29 is 63.6 Å². The Labute approximate surface area is 467 Å². The molecule has 1 amide bonds. The molecular weight excluding hydrogens is 1140 g/mol. The van der Waals surface area contributed by atoms with Crippen molar-refractivity contribution >= 4 is 86.1 Å². The van der Waals surface area contributed by atoms with Crippen LogP contribution in [-0.2, 0) is 61.3 Å². The molecule has 3 aliphatic heterocycles. The van der Waals surface area contributed by atoms with Crippen LogP contribution in [-0.4, -0.2) is 127 Å². The number of carbonyl (C=O) groups is 1. The lowest BCUT2D eigenvalue weighted by Gasteiger charge is -2.51. The van der Waals surface area contributed by atoms with E-state index in [1.165, 1.54) is 17.2 Å². The van der Waals surface area contributed by atoms with Crippen molar-refractivity contribution in [1.29, 1.82) is 5.26 Å². The monoisotopic (exact) mass is 1210 g/mol. The van der Waals surface area contributed by atoms with Crippen molar-refractivity contribution in [2.45, 2.75) is 172 Å². The molecule has 10 atom stereocenters. The Hall–Kier alpha value is -3.96. The molecule has 3 fully saturated rings. The zero-order valence-corrected chi connectivity index (χ0v) is 52.1. The lowest BCUT2D eigenvalue weighted by molar-refractivity contribution is -0.0590. The molecule has 0 spiro atoms. The molecule has 0 bridgehead atoms. The van der Waals surface area contributed by atoms with Crippen LogP contribution in [0.15, 0.2) is 60.3 Å². The molecule has 8 rings (SSSR count). The molecule has 79 heavy (non-hydrogen) atoms. The largest absolute Gasteiger partial charge is 0.695 e. The lowest BCUT2D eigenvalue weighted by Crippen LogP contribution is -2.65. The summed E-state index contributed by atoms with van der Waals surface area (Å²) in [5.41, 5.74) is -0.309. The highest BCUT2D eigenvalue weighted by molar-refractivity contribution is 8.07. The number of hydrogen-bond donors (Lipinski definition) is 3. The van der Waals surface area contributed by atoms with Gasteiger partial charge < -0.3 is 50.8 Å². The van der Waals surface area contributed by atoms with E-state index in [0.29, 0.717) is 5.56 Å². The maximum atomic E-state index is 16.0. The van der Waals surface area contributed by atoms with Crippen LogP contribution < -0.4 is 10.9 Å². The van der Waals surface area contributed by atoms with Crippen molar-refractivity contribution in [1.82, 2.24) is 34.1 Å². The summed E-state index contributed by atoms with van der Waals surface area (Å²) in [4.78, 5) is 57.3. The van der Waals surface area contributed by atoms with Gasteiger partial charge in [-0.1, -0.05) is 94.4 Å². The Bertz CT molecular complexity index is 3150. The van der Waals surface area contributed by atoms with Crippen LogP contribution in [0.1, 0.15) is 105 Å². The maximum absolute atomic E-state index is 16.0. The summed E-state index contributed by atoms with van der Waals surface area (Å²) in [6.45, 7) is 21.6. The van der Waals surface area contributed by atoms with Gasteiger partial charge in [0, 0.05) is 16.3 Å². The molecule has 1 aromatic carbocycles. The number of rotatable bonds is 20. The number of benzene rings is 1. The fraction of sp³-hybridized carbons (Fsp3) is 0.612. The van der Waals surface area contributed by atoms with Crippen LogP contribution in [0.5, 0.6) is 0 Å². The Morgan fingerprint density at radius 3 is 2.28 bits per heavy atom. The molecule has 3 aliphatic rings. The van der Waals surface area contributed by atoms with E-state index >= 15 is 4.39 Å². The van der Waals surface area contributed by atoms with E-state index in [4.69, 9.17) is 56.8 Å². The number of H-pyrrole nitrogens is 1.